The van der Waals surface area contributed by atoms with Crippen LogP contribution in [0.15, 0.2) is 0 Å². The van der Waals surface area contributed by atoms with E-state index in [4.69, 9.17) is 14.9 Å². The molecule has 2 atom stereocenters. The summed E-state index contributed by atoms with van der Waals surface area (Å²) in [5, 5.41) is 19.9. The number of nitrogens with one attached hydrogen (secondary N) is 1. The van der Waals surface area contributed by atoms with E-state index in [0.29, 0.717) is 13.0 Å². The maximum atomic E-state index is 12.0. The Balaban J connectivity index is 2.71. The molecule has 0 radical (unpaired) electrons. The number of carbonyl (C=O) groups is 3. The van der Waals surface area contributed by atoms with E-state index in [1.165, 1.54) is 4.90 Å². The Morgan fingerprint density at radius 3 is 2.65 bits per heavy atom. The Morgan fingerprint density at radius 1 is 1.40 bits per heavy atom. The van der Waals surface area contributed by atoms with E-state index in [0.717, 1.165) is 12.8 Å². The molecule has 8 nitrogen and oxygen atoms in total. The number of nitrogens with zero attached hydrogens (tertiary/aromatic N) is 1. The van der Waals surface area contributed by atoms with Crippen LogP contribution in [0.25, 0.3) is 0 Å². The van der Waals surface area contributed by atoms with E-state index < -0.39 is 36.7 Å². The molecule has 1 rings (SSSR count). The lowest BCUT2D eigenvalue weighted by atomic mass is 10.0. The first-order valence-corrected chi connectivity index (χ1v) is 6.58. The van der Waals surface area contributed by atoms with Gasteiger partial charge in [-0.3, -0.25) is 0 Å². The third-order valence-corrected chi connectivity index (χ3v) is 3.10. The molecule has 2 amide bonds. The van der Waals surface area contributed by atoms with Crippen LogP contribution in [0.2, 0.25) is 0 Å². The number of esters is 1. The van der Waals surface area contributed by atoms with Gasteiger partial charge in [-0.2, -0.15) is 0 Å². The number of hydrogen-bond acceptors (Lipinski definition) is 5. The highest BCUT2D eigenvalue weighted by Gasteiger charge is 2.34. The van der Waals surface area contributed by atoms with E-state index in [1.54, 1.807) is 6.92 Å². The molecular formula is C12H20N2O6. The number of carbonyl (C=O) groups excluding carboxylic acids is 2. The van der Waals surface area contributed by atoms with E-state index >= 15 is 0 Å². The Bertz CT molecular complexity index is 373. The summed E-state index contributed by atoms with van der Waals surface area (Å²) < 4.78 is 4.91. The van der Waals surface area contributed by atoms with Gasteiger partial charge in [0.15, 0.2) is 6.04 Å². The number of carboxylic acids is 1. The minimum absolute atomic E-state index is 0.221. The van der Waals surface area contributed by atoms with Crippen LogP contribution in [0.5, 0.6) is 0 Å². The van der Waals surface area contributed by atoms with Crippen LogP contribution in [0.1, 0.15) is 26.2 Å². The maximum absolute atomic E-state index is 12.0. The van der Waals surface area contributed by atoms with E-state index in [9.17, 15) is 14.4 Å². The molecule has 1 aliphatic heterocycles. The Morgan fingerprint density at radius 2 is 2.10 bits per heavy atom. The molecule has 8 heteroatoms. The molecule has 2 unspecified atom stereocenters. The van der Waals surface area contributed by atoms with Crippen molar-refractivity contribution < 1.29 is 29.3 Å². The Hall–Kier alpha value is -1.83. The second-order valence-corrected chi connectivity index (χ2v) is 4.48. The lowest BCUT2D eigenvalue weighted by molar-refractivity contribution is -0.149. The van der Waals surface area contributed by atoms with Crippen LogP contribution in [0.3, 0.4) is 0 Å². The fourth-order valence-electron chi connectivity index (χ4n) is 2.08. The van der Waals surface area contributed by atoms with Crippen molar-refractivity contribution in [2.75, 3.05) is 19.8 Å². The molecule has 0 aromatic carbocycles. The fraction of sp³-hybridized carbons (Fsp3) is 0.750. The summed E-state index contributed by atoms with van der Waals surface area (Å²) in [6, 6.07) is -2.76. The maximum Gasteiger partial charge on any atom is 0.328 e. The van der Waals surface area contributed by atoms with Crippen molar-refractivity contribution in [2.45, 2.75) is 38.3 Å². The van der Waals surface area contributed by atoms with Crippen LogP contribution in [0.4, 0.5) is 4.79 Å². The molecule has 0 aromatic heterocycles. The number of likely N-dealkylation sites (tertiary alicyclic amines) is 1. The van der Waals surface area contributed by atoms with E-state index in [-0.39, 0.29) is 6.61 Å². The van der Waals surface area contributed by atoms with Gasteiger partial charge in [-0.15, -0.1) is 0 Å². The first-order chi connectivity index (χ1) is 9.51. The average molecular weight is 288 g/mol. The zero-order valence-electron chi connectivity index (χ0n) is 11.4. The van der Waals surface area contributed by atoms with Crippen LogP contribution >= 0.6 is 0 Å². The Labute approximate surface area is 116 Å². The second kappa shape index (κ2) is 7.68. The van der Waals surface area contributed by atoms with Crippen molar-refractivity contribution in [3.05, 3.63) is 0 Å². The van der Waals surface area contributed by atoms with Crippen molar-refractivity contribution in [1.82, 2.24) is 10.2 Å². The zero-order valence-corrected chi connectivity index (χ0v) is 11.4. The van der Waals surface area contributed by atoms with Gasteiger partial charge >= 0.3 is 18.0 Å². The van der Waals surface area contributed by atoms with Gasteiger partial charge in [0.2, 0.25) is 0 Å². The minimum Gasteiger partial charge on any atom is -0.480 e. The molecule has 3 N–H and O–H groups in total. The van der Waals surface area contributed by atoms with Gasteiger partial charge in [0, 0.05) is 6.54 Å². The fourth-order valence-corrected chi connectivity index (χ4v) is 2.08. The number of urea groups is 1. The predicted octanol–water partition coefficient (Wildman–Crippen LogP) is -0.441. The number of carboxylic acid groups (broad SMARTS) is 1. The van der Waals surface area contributed by atoms with Crippen molar-refractivity contribution in [2.24, 2.45) is 0 Å². The summed E-state index contributed by atoms with van der Waals surface area (Å²) in [5.74, 6) is -1.82. The van der Waals surface area contributed by atoms with Gasteiger partial charge in [0.25, 0.3) is 0 Å². The van der Waals surface area contributed by atoms with Crippen molar-refractivity contribution in [3.8, 4) is 0 Å². The molecule has 0 aliphatic carbocycles. The number of amides is 2. The Kier molecular flexibility index (Phi) is 6.23. The highest BCUT2D eigenvalue weighted by atomic mass is 16.5. The first-order valence-electron chi connectivity index (χ1n) is 6.58. The lowest BCUT2D eigenvalue weighted by Crippen LogP contribution is -2.56. The van der Waals surface area contributed by atoms with Crippen molar-refractivity contribution in [1.29, 1.82) is 0 Å². The quantitative estimate of drug-likeness (QED) is 0.590. The van der Waals surface area contributed by atoms with Gasteiger partial charge in [-0.1, -0.05) is 0 Å². The summed E-state index contributed by atoms with van der Waals surface area (Å²) in [7, 11) is 0. The topological polar surface area (TPSA) is 116 Å². The van der Waals surface area contributed by atoms with E-state index in [2.05, 4.69) is 5.32 Å². The van der Waals surface area contributed by atoms with Crippen LogP contribution in [-0.2, 0) is 14.3 Å². The summed E-state index contributed by atoms with van der Waals surface area (Å²) in [6.07, 6.45) is 2.03. The molecule has 1 fully saturated rings. The highest BCUT2D eigenvalue weighted by Crippen LogP contribution is 2.18. The summed E-state index contributed by atoms with van der Waals surface area (Å²) in [5.41, 5.74) is 0. The van der Waals surface area contributed by atoms with Crippen LogP contribution in [0, 0.1) is 0 Å². The summed E-state index contributed by atoms with van der Waals surface area (Å²) in [4.78, 5) is 35.9. The summed E-state index contributed by atoms with van der Waals surface area (Å²) >= 11 is 0. The van der Waals surface area contributed by atoms with Gasteiger partial charge in [0.1, 0.15) is 6.04 Å². The second-order valence-electron chi connectivity index (χ2n) is 4.48. The largest absolute Gasteiger partial charge is 0.480 e. The SMILES string of the molecule is CCOC(=O)C1CCCCN1C(=O)NC(CO)C(=O)O. The monoisotopic (exact) mass is 288 g/mol. The molecule has 0 spiro atoms. The number of hydrogen-bond donors (Lipinski definition) is 3. The number of aliphatic carboxylic acids is 1. The molecule has 114 valence electrons. The van der Waals surface area contributed by atoms with Crippen molar-refractivity contribution >= 4 is 18.0 Å². The number of ether oxygens (including phenoxy) is 1. The molecule has 20 heavy (non-hydrogen) atoms. The summed E-state index contributed by atoms with van der Waals surface area (Å²) in [6.45, 7) is 1.54. The minimum atomic E-state index is -1.38. The van der Waals surface area contributed by atoms with Gasteiger partial charge < -0.3 is 25.2 Å². The molecule has 0 saturated carbocycles. The zero-order chi connectivity index (χ0) is 15.1. The van der Waals surface area contributed by atoms with Crippen LogP contribution in [-0.4, -0.2) is 64.9 Å². The number of aliphatic hydroxyl groups excluding tert-OH is 1. The molecule has 1 aliphatic rings. The molecule has 0 bridgehead atoms. The predicted molar refractivity (Wildman–Crippen MR) is 68.0 cm³/mol. The third-order valence-electron chi connectivity index (χ3n) is 3.10. The molecule has 0 aromatic rings. The first kappa shape index (κ1) is 16.2. The lowest BCUT2D eigenvalue weighted by Gasteiger charge is -2.34. The number of piperidine rings is 1. The van der Waals surface area contributed by atoms with Crippen LogP contribution < -0.4 is 5.32 Å². The average Bonchev–Trinajstić information content (AvgIpc) is 2.44. The number of rotatable bonds is 5. The molecule has 1 heterocycles. The van der Waals surface area contributed by atoms with Gasteiger partial charge in [-0.25, -0.2) is 14.4 Å². The highest BCUT2D eigenvalue weighted by molar-refractivity contribution is 5.86. The van der Waals surface area contributed by atoms with E-state index in [1.807, 2.05) is 0 Å². The smallest absolute Gasteiger partial charge is 0.328 e. The third kappa shape index (κ3) is 4.09. The van der Waals surface area contributed by atoms with Gasteiger partial charge in [0.05, 0.1) is 13.2 Å². The number of aliphatic hydroxyl groups is 1. The standard InChI is InChI=1S/C12H20N2O6/c1-2-20-11(18)9-5-3-4-6-14(9)12(19)13-8(7-15)10(16)17/h8-9,15H,2-7H2,1H3,(H,13,19)(H,16,17). The van der Waals surface area contributed by atoms with Gasteiger partial charge in [-0.05, 0) is 26.2 Å². The molecular weight excluding hydrogens is 268 g/mol. The normalized spacial score (nSPS) is 20.1. The molecule has 1 saturated heterocycles. The van der Waals surface area contributed by atoms with Crippen molar-refractivity contribution in [3.63, 3.8) is 0 Å².